The van der Waals surface area contributed by atoms with Crippen molar-refractivity contribution in [2.45, 2.75) is 19.1 Å². The van der Waals surface area contributed by atoms with Crippen LogP contribution in [0, 0.1) is 0 Å². The van der Waals surface area contributed by atoms with E-state index < -0.39 is 0 Å². The van der Waals surface area contributed by atoms with Crippen molar-refractivity contribution >= 4 is 21.6 Å². The Morgan fingerprint density at radius 3 is 3.12 bits per heavy atom. The number of halogens is 1. The molecule has 0 amide bonds. The molecule has 3 nitrogen and oxygen atoms in total. The van der Waals surface area contributed by atoms with Crippen molar-refractivity contribution in [1.82, 2.24) is 0 Å². The van der Waals surface area contributed by atoms with Crippen LogP contribution in [0.1, 0.15) is 12.0 Å². The van der Waals surface area contributed by atoms with E-state index in [1.807, 2.05) is 12.1 Å². The van der Waals surface area contributed by atoms with Gasteiger partial charge < -0.3 is 14.8 Å². The number of anilines is 1. The largest absolute Gasteiger partial charge is 0.380 e. The molecule has 1 aliphatic rings. The fourth-order valence-electron chi connectivity index (χ4n) is 1.85. The standard InChI is InChI=1S/C12H16BrNO2/c1-15-8-10-11(13)3-2-4-12(10)14-9-5-6-16-7-9/h2-4,9,14H,5-8H2,1H3. The number of hydrogen-bond acceptors (Lipinski definition) is 3. The van der Waals surface area contributed by atoms with Gasteiger partial charge in [-0.3, -0.25) is 0 Å². The highest BCUT2D eigenvalue weighted by molar-refractivity contribution is 9.10. The van der Waals surface area contributed by atoms with Gasteiger partial charge in [0.2, 0.25) is 0 Å². The molecule has 88 valence electrons. The van der Waals surface area contributed by atoms with E-state index in [1.54, 1.807) is 7.11 Å². The van der Waals surface area contributed by atoms with Crippen LogP contribution in [0.2, 0.25) is 0 Å². The Bertz CT molecular complexity index is 351. The van der Waals surface area contributed by atoms with Gasteiger partial charge in [-0.25, -0.2) is 0 Å². The average Bonchev–Trinajstić information content (AvgIpc) is 2.76. The zero-order chi connectivity index (χ0) is 11.4. The first-order chi connectivity index (χ1) is 7.81. The van der Waals surface area contributed by atoms with Crippen LogP contribution in [0.4, 0.5) is 5.69 Å². The van der Waals surface area contributed by atoms with E-state index in [0.29, 0.717) is 12.6 Å². The Morgan fingerprint density at radius 1 is 1.56 bits per heavy atom. The summed E-state index contributed by atoms with van der Waals surface area (Å²) >= 11 is 3.55. The number of methoxy groups -OCH3 is 1. The molecule has 4 heteroatoms. The Labute approximate surface area is 104 Å². The van der Waals surface area contributed by atoms with E-state index >= 15 is 0 Å². The molecule has 0 radical (unpaired) electrons. The van der Waals surface area contributed by atoms with E-state index in [2.05, 4.69) is 27.3 Å². The number of hydrogen-bond donors (Lipinski definition) is 1. The summed E-state index contributed by atoms with van der Waals surface area (Å²) in [6.07, 6.45) is 1.07. The number of benzene rings is 1. The van der Waals surface area contributed by atoms with Crippen LogP contribution >= 0.6 is 15.9 Å². The Morgan fingerprint density at radius 2 is 2.44 bits per heavy atom. The first kappa shape index (κ1) is 11.9. The molecule has 1 aromatic carbocycles. The van der Waals surface area contributed by atoms with Crippen molar-refractivity contribution in [1.29, 1.82) is 0 Å². The van der Waals surface area contributed by atoms with E-state index in [4.69, 9.17) is 9.47 Å². The molecule has 0 aliphatic carbocycles. The molecule has 16 heavy (non-hydrogen) atoms. The van der Waals surface area contributed by atoms with Crippen LogP contribution in [0.5, 0.6) is 0 Å². The second kappa shape index (κ2) is 5.66. The van der Waals surface area contributed by atoms with Gasteiger partial charge in [0.25, 0.3) is 0 Å². The Kier molecular flexibility index (Phi) is 4.21. The first-order valence-electron chi connectivity index (χ1n) is 5.42. The lowest BCUT2D eigenvalue weighted by Gasteiger charge is -2.17. The summed E-state index contributed by atoms with van der Waals surface area (Å²) in [4.78, 5) is 0. The predicted molar refractivity (Wildman–Crippen MR) is 67.7 cm³/mol. The van der Waals surface area contributed by atoms with Crippen molar-refractivity contribution in [2.24, 2.45) is 0 Å². The topological polar surface area (TPSA) is 30.5 Å². The summed E-state index contributed by atoms with van der Waals surface area (Å²) in [5.74, 6) is 0. The van der Waals surface area contributed by atoms with E-state index in [1.165, 1.54) is 0 Å². The monoisotopic (exact) mass is 285 g/mol. The molecule has 0 saturated carbocycles. The maximum absolute atomic E-state index is 5.35. The Hall–Kier alpha value is -0.580. The second-order valence-electron chi connectivity index (χ2n) is 3.90. The quantitative estimate of drug-likeness (QED) is 0.923. The molecule has 1 N–H and O–H groups in total. The minimum atomic E-state index is 0.421. The van der Waals surface area contributed by atoms with E-state index in [9.17, 15) is 0 Å². The molecular weight excluding hydrogens is 270 g/mol. The highest BCUT2D eigenvalue weighted by Crippen LogP contribution is 2.27. The van der Waals surface area contributed by atoms with Gasteiger partial charge in [-0.05, 0) is 18.6 Å². The van der Waals surface area contributed by atoms with Gasteiger partial charge in [0.15, 0.2) is 0 Å². The third kappa shape index (κ3) is 2.75. The first-order valence-corrected chi connectivity index (χ1v) is 6.21. The van der Waals surface area contributed by atoms with Gasteiger partial charge in [0.1, 0.15) is 0 Å². The van der Waals surface area contributed by atoms with Crippen LogP contribution < -0.4 is 5.32 Å². The number of rotatable bonds is 4. The molecule has 0 bridgehead atoms. The molecule has 1 fully saturated rings. The molecule has 1 unspecified atom stereocenters. The molecule has 1 aliphatic heterocycles. The summed E-state index contributed by atoms with van der Waals surface area (Å²) < 4.78 is 11.6. The van der Waals surface area contributed by atoms with Crippen molar-refractivity contribution in [3.63, 3.8) is 0 Å². The van der Waals surface area contributed by atoms with Gasteiger partial charge in [-0.1, -0.05) is 22.0 Å². The van der Waals surface area contributed by atoms with Gasteiger partial charge in [0.05, 0.1) is 19.3 Å². The fraction of sp³-hybridized carbons (Fsp3) is 0.500. The highest BCUT2D eigenvalue weighted by Gasteiger charge is 2.17. The van der Waals surface area contributed by atoms with E-state index in [-0.39, 0.29) is 0 Å². The summed E-state index contributed by atoms with van der Waals surface area (Å²) in [5, 5.41) is 3.50. The lowest BCUT2D eigenvalue weighted by atomic mass is 10.1. The minimum Gasteiger partial charge on any atom is -0.380 e. The van der Waals surface area contributed by atoms with Crippen LogP contribution in [0.15, 0.2) is 22.7 Å². The zero-order valence-corrected chi connectivity index (χ0v) is 10.9. The van der Waals surface area contributed by atoms with Crippen molar-refractivity contribution in [3.05, 3.63) is 28.2 Å². The van der Waals surface area contributed by atoms with Crippen LogP contribution in [0.25, 0.3) is 0 Å². The van der Waals surface area contributed by atoms with Gasteiger partial charge in [-0.2, -0.15) is 0 Å². The third-order valence-electron chi connectivity index (χ3n) is 2.70. The Balaban J connectivity index is 2.14. The van der Waals surface area contributed by atoms with Crippen LogP contribution in [-0.2, 0) is 16.1 Å². The molecular formula is C12H16BrNO2. The smallest absolute Gasteiger partial charge is 0.0744 e. The van der Waals surface area contributed by atoms with Gasteiger partial charge in [-0.15, -0.1) is 0 Å². The maximum Gasteiger partial charge on any atom is 0.0744 e. The van der Waals surface area contributed by atoms with Crippen LogP contribution in [-0.4, -0.2) is 26.4 Å². The minimum absolute atomic E-state index is 0.421. The molecule has 1 heterocycles. The van der Waals surface area contributed by atoms with E-state index in [0.717, 1.165) is 35.4 Å². The zero-order valence-electron chi connectivity index (χ0n) is 9.33. The average molecular weight is 286 g/mol. The summed E-state index contributed by atoms with van der Waals surface area (Å²) in [7, 11) is 1.71. The molecule has 2 rings (SSSR count). The molecule has 0 spiro atoms. The van der Waals surface area contributed by atoms with Crippen molar-refractivity contribution in [2.75, 3.05) is 25.6 Å². The molecule has 1 aromatic rings. The second-order valence-corrected chi connectivity index (χ2v) is 4.76. The predicted octanol–water partition coefficient (Wildman–Crippen LogP) is 2.80. The fourth-order valence-corrected chi connectivity index (χ4v) is 2.33. The van der Waals surface area contributed by atoms with Gasteiger partial charge in [0, 0.05) is 29.4 Å². The maximum atomic E-state index is 5.35. The third-order valence-corrected chi connectivity index (χ3v) is 3.44. The van der Waals surface area contributed by atoms with Crippen molar-refractivity contribution < 1.29 is 9.47 Å². The summed E-state index contributed by atoms with van der Waals surface area (Å²) in [5.41, 5.74) is 2.30. The van der Waals surface area contributed by atoms with Gasteiger partial charge >= 0.3 is 0 Å². The summed E-state index contributed by atoms with van der Waals surface area (Å²) in [6.45, 7) is 2.25. The molecule has 0 aromatic heterocycles. The number of ether oxygens (including phenoxy) is 2. The molecule has 1 saturated heterocycles. The normalized spacial score (nSPS) is 20.0. The summed E-state index contributed by atoms with van der Waals surface area (Å²) in [6, 6.07) is 6.56. The number of nitrogens with one attached hydrogen (secondary N) is 1. The lowest BCUT2D eigenvalue weighted by molar-refractivity contribution is 0.184. The lowest BCUT2D eigenvalue weighted by Crippen LogP contribution is -2.20. The SMILES string of the molecule is COCc1c(Br)cccc1NC1CCOC1. The van der Waals surface area contributed by atoms with Crippen LogP contribution in [0.3, 0.4) is 0 Å². The van der Waals surface area contributed by atoms with Crippen molar-refractivity contribution in [3.8, 4) is 0 Å². The highest BCUT2D eigenvalue weighted by atomic mass is 79.9. The molecule has 1 atom stereocenters.